The van der Waals surface area contributed by atoms with Gasteiger partial charge in [-0.25, -0.2) is 4.57 Å². The molecule has 3 rings (SSSR count). The highest BCUT2D eigenvalue weighted by Gasteiger charge is 2.26. The summed E-state index contributed by atoms with van der Waals surface area (Å²) in [4.78, 5) is 5.10. The number of rotatable bonds is 7. The van der Waals surface area contributed by atoms with Crippen molar-refractivity contribution >= 4 is 22.1 Å². The van der Waals surface area contributed by atoms with Crippen molar-refractivity contribution in [3.05, 3.63) is 54.2 Å². The zero-order valence-corrected chi connectivity index (χ0v) is 21.8. The zero-order chi connectivity index (χ0) is 23.7. The maximum Gasteiger partial charge on any atom is 0.220 e. The molecule has 0 amide bonds. The minimum absolute atomic E-state index is 0.421. The lowest BCUT2D eigenvalue weighted by Crippen LogP contribution is -2.39. The first-order valence-corrected chi connectivity index (χ1v) is 12.1. The van der Waals surface area contributed by atoms with Crippen LogP contribution in [0.3, 0.4) is 0 Å². The van der Waals surface area contributed by atoms with Gasteiger partial charge in [-0.3, -0.25) is 0 Å². The van der Waals surface area contributed by atoms with Crippen LogP contribution in [0.15, 0.2) is 48.7 Å². The molecule has 3 aromatic rings. The Morgan fingerprint density at radius 2 is 1.28 bits per heavy atom. The van der Waals surface area contributed by atoms with Gasteiger partial charge < -0.3 is 9.80 Å². The Morgan fingerprint density at radius 1 is 0.719 bits per heavy atom. The fourth-order valence-electron chi connectivity index (χ4n) is 5.34. The minimum Gasteiger partial charge on any atom is -0.367 e. The van der Waals surface area contributed by atoms with E-state index in [4.69, 9.17) is 0 Å². The van der Waals surface area contributed by atoms with Crippen molar-refractivity contribution in [3.8, 4) is 11.3 Å². The summed E-state index contributed by atoms with van der Waals surface area (Å²) in [5.74, 6) is 0. The lowest BCUT2D eigenvalue weighted by molar-refractivity contribution is -0.659. The van der Waals surface area contributed by atoms with Crippen LogP contribution in [0.2, 0.25) is 0 Å². The molecule has 0 N–H and O–H groups in total. The molecule has 0 fully saturated rings. The van der Waals surface area contributed by atoms with Crippen LogP contribution < -0.4 is 14.4 Å². The topological polar surface area (TPSA) is 10.4 Å². The monoisotopic (exact) mass is 432 g/mol. The molecule has 0 spiro atoms. The summed E-state index contributed by atoms with van der Waals surface area (Å²) in [5, 5.41) is 2.58. The summed E-state index contributed by atoms with van der Waals surface area (Å²) in [6.07, 6.45) is 2.19. The normalized spacial score (nSPS) is 11.9. The number of nitrogens with zero attached hydrogens (tertiary/aromatic N) is 3. The fraction of sp³-hybridized carbons (Fsp3) is 0.483. The molecule has 3 heteroatoms. The molecule has 0 atom stereocenters. The number of fused-ring (bicyclic) bond motifs is 1. The van der Waals surface area contributed by atoms with Crippen LogP contribution in [0.4, 0.5) is 11.4 Å². The van der Waals surface area contributed by atoms with E-state index in [1.807, 2.05) is 0 Å². The molecule has 0 aliphatic carbocycles. The van der Waals surface area contributed by atoms with Crippen molar-refractivity contribution in [2.24, 2.45) is 7.05 Å². The molecule has 0 aliphatic heterocycles. The number of hydrogen-bond acceptors (Lipinski definition) is 2. The Bertz CT molecular complexity index is 1060. The van der Waals surface area contributed by atoms with E-state index in [0.29, 0.717) is 24.2 Å². The minimum atomic E-state index is 0.421. The molecule has 0 aliphatic rings. The number of benzene rings is 2. The molecule has 0 saturated carbocycles. The molecular formula is C29H42N3+. The number of aromatic nitrogens is 1. The van der Waals surface area contributed by atoms with Crippen LogP contribution in [-0.4, -0.2) is 24.2 Å². The average molecular weight is 433 g/mol. The largest absolute Gasteiger partial charge is 0.367 e. The Balaban J connectivity index is 2.43. The Kier molecular flexibility index (Phi) is 7.17. The van der Waals surface area contributed by atoms with Gasteiger partial charge in [-0.15, -0.1) is 0 Å². The number of aryl methyl sites for hydroxylation is 1. The van der Waals surface area contributed by atoms with Crippen molar-refractivity contribution in [2.75, 3.05) is 9.80 Å². The number of anilines is 2. The lowest BCUT2D eigenvalue weighted by Gasteiger charge is -2.38. The third-order valence-electron chi connectivity index (χ3n) is 6.47. The second kappa shape index (κ2) is 9.52. The van der Waals surface area contributed by atoms with Crippen molar-refractivity contribution in [1.29, 1.82) is 0 Å². The molecule has 0 bridgehead atoms. The Hall–Kier alpha value is -2.55. The fourth-order valence-corrected chi connectivity index (χ4v) is 5.34. The van der Waals surface area contributed by atoms with E-state index >= 15 is 0 Å². The highest BCUT2D eigenvalue weighted by Crippen LogP contribution is 2.39. The van der Waals surface area contributed by atoms with Gasteiger partial charge in [0.1, 0.15) is 7.05 Å². The van der Waals surface area contributed by atoms with E-state index in [9.17, 15) is 0 Å². The van der Waals surface area contributed by atoms with Crippen LogP contribution in [0, 0.1) is 6.92 Å². The van der Waals surface area contributed by atoms with Gasteiger partial charge in [-0.2, -0.15) is 0 Å². The summed E-state index contributed by atoms with van der Waals surface area (Å²) in [5.41, 5.74) is 6.57. The summed E-state index contributed by atoms with van der Waals surface area (Å²) < 4.78 is 2.28. The van der Waals surface area contributed by atoms with Gasteiger partial charge in [0.05, 0.1) is 10.9 Å². The molecule has 3 nitrogen and oxygen atoms in total. The lowest BCUT2D eigenvalue weighted by atomic mass is 9.95. The molecule has 172 valence electrons. The first-order chi connectivity index (χ1) is 15.0. The molecule has 0 unspecified atom stereocenters. The molecule has 0 saturated heterocycles. The predicted octanol–water partition coefficient (Wildman–Crippen LogP) is 6.89. The van der Waals surface area contributed by atoms with E-state index in [0.717, 1.165) is 0 Å². The second-order valence-electron chi connectivity index (χ2n) is 10.2. The van der Waals surface area contributed by atoms with Crippen molar-refractivity contribution in [2.45, 2.75) is 86.5 Å². The predicted molar refractivity (Wildman–Crippen MR) is 141 cm³/mol. The maximum atomic E-state index is 2.56. The summed E-state index contributed by atoms with van der Waals surface area (Å²) in [6, 6.07) is 17.5. The van der Waals surface area contributed by atoms with Gasteiger partial charge in [-0.1, -0.05) is 18.2 Å². The van der Waals surface area contributed by atoms with Gasteiger partial charge in [0.15, 0.2) is 6.20 Å². The first kappa shape index (κ1) is 24.1. The van der Waals surface area contributed by atoms with Gasteiger partial charge in [0.25, 0.3) is 0 Å². The van der Waals surface area contributed by atoms with Crippen molar-refractivity contribution < 1.29 is 4.57 Å². The van der Waals surface area contributed by atoms with Gasteiger partial charge in [0.2, 0.25) is 5.69 Å². The first-order valence-electron chi connectivity index (χ1n) is 12.1. The highest BCUT2D eigenvalue weighted by molar-refractivity contribution is 5.95. The van der Waals surface area contributed by atoms with Crippen LogP contribution in [0.5, 0.6) is 0 Å². The highest BCUT2D eigenvalue weighted by atomic mass is 15.2. The van der Waals surface area contributed by atoms with E-state index in [1.165, 1.54) is 39.0 Å². The standard InChI is InChI=1S/C29H42N3/c1-19(2)31(20(3)4)25-17-27(23(9)28(18-25)32(21(5)6)22(7)8)29-26-14-12-11-13-24(26)15-16-30(29)10/h11-22H,1-10H3/q+1. The average Bonchev–Trinajstić information content (AvgIpc) is 2.69. The van der Waals surface area contributed by atoms with E-state index < -0.39 is 0 Å². The Labute approximate surface area is 195 Å². The van der Waals surface area contributed by atoms with E-state index in [2.05, 4.69) is 132 Å². The molecular weight excluding hydrogens is 390 g/mol. The van der Waals surface area contributed by atoms with Gasteiger partial charge >= 0.3 is 0 Å². The zero-order valence-electron chi connectivity index (χ0n) is 21.8. The number of pyridine rings is 1. The molecule has 2 aromatic carbocycles. The summed E-state index contributed by atoms with van der Waals surface area (Å²) in [6.45, 7) is 20.7. The van der Waals surface area contributed by atoms with E-state index in [1.54, 1.807) is 0 Å². The maximum absolute atomic E-state index is 2.56. The molecule has 1 aromatic heterocycles. The molecule has 1 heterocycles. The van der Waals surface area contributed by atoms with Crippen molar-refractivity contribution in [3.63, 3.8) is 0 Å². The molecule has 32 heavy (non-hydrogen) atoms. The third kappa shape index (κ3) is 4.48. The van der Waals surface area contributed by atoms with Gasteiger partial charge in [0, 0.05) is 41.6 Å². The van der Waals surface area contributed by atoms with E-state index in [-0.39, 0.29) is 0 Å². The van der Waals surface area contributed by atoms with Crippen LogP contribution in [0.25, 0.3) is 22.0 Å². The third-order valence-corrected chi connectivity index (χ3v) is 6.47. The van der Waals surface area contributed by atoms with Crippen LogP contribution in [0.1, 0.15) is 61.0 Å². The quantitative estimate of drug-likeness (QED) is 0.376. The van der Waals surface area contributed by atoms with Crippen molar-refractivity contribution in [1.82, 2.24) is 0 Å². The Morgan fingerprint density at radius 3 is 1.84 bits per heavy atom. The summed E-state index contributed by atoms with van der Waals surface area (Å²) >= 11 is 0. The van der Waals surface area contributed by atoms with Crippen LogP contribution >= 0.6 is 0 Å². The molecule has 0 radical (unpaired) electrons. The van der Waals surface area contributed by atoms with Gasteiger partial charge in [-0.05, 0) is 91.5 Å². The smallest absolute Gasteiger partial charge is 0.220 e. The summed E-state index contributed by atoms with van der Waals surface area (Å²) in [7, 11) is 2.17. The SMILES string of the molecule is Cc1c(-c2c3ccccc3cc[n+]2C)cc(N(C(C)C)C(C)C)cc1N(C(C)C)C(C)C. The second-order valence-corrected chi connectivity index (χ2v) is 10.2. The van der Waals surface area contributed by atoms with Crippen LogP contribution in [-0.2, 0) is 7.05 Å². The number of hydrogen-bond donors (Lipinski definition) is 0.